The van der Waals surface area contributed by atoms with Gasteiger partial charge in [0.15, 0.2) is 0 Å². The summed E-state index contributed by atoms with van der Waals surface area (Å²) in [5, 5.41) is 2.82. The molecule has 4 aromatic rings. The third-order valence-corrected chi connectivity index (χ3v) is 7.51. The molecule has 0 aliphatic heterocycles. The number of anilines is 1. The predicted octanol–water partition coefficient (Wildman–Crippen LogP) is 4.95. The Morgan fingerprint density at radius 3 is 2.18 bits per heavy atom. The smallest absolute Gasteiger partial charge is 0.247 e. The summed E-state index contributed by atoms with van der Waals surface area (Å²) < 4.78 is 35.0. The van der Waals surface area contributed by atoms with Crippen LogP contribution >= 0.6 is 0 Å². The third kappa shape index (κ3) is 7.07. The van der Waals surface area contributed by atoms with Crippen LogP contribution in [0.1, 0.15) is 35.2 Å². The lowest BCUT2D eigenvalue weighted by Crippen LogP contribution is -2.37. The third-order valence-electron chi connectivity index (χ3n) is 6.07. The quantitative estimate of drug-likeness (QED) is 0.255. The lowest BCUT2D eigenvalue weighted by atomic mass is 10.1. The van der Waals surface area contributed by atoms with Gasteiger partial charge in [0.2, 0.25) is 15.9 Å². The van der Waals surface area contributed by atoms with Crippen molar-refractivity contribution in [2.24, 2.45) is 5.73 Å². The fourth-order valence-corrected chi connectivity index (χ4v) is 5.07. The molecule has 0 saturated carbocycles. The van der Waals surface area contributed by atoms with E-state index in [0.717, 1.165) is 23.1 Å². The summed E-state index contributed by atoms with van der Waals surface area (Å²) in [7, 11) is -4.00. The molecule has 7 nitrogen and oxygen atoms in total. The average Bonchev–Trinajstić information content (AvgIpc) is 2.96. The summed E-state index contributed by atoms with van der Waals surface area (Å²) in [5.41, 5.74) is 9.61. The van der Waals surface area contributed by atoms with E-state index < -0.39 is 22.0 Å². The zero-order valence-corrected chi connectivity index (χ0v) is 21.9. The zero-order valence-electron chi connectivity index (χ0n) is 21.1. The molecule has 38 heavy (non-hydrogen) atoms. The second-order valence-corrected chi connectivity index (χ2v) is 10.5. The van der Waals surface area contributed by atoms with Crippen LogP contribution in [0.15, 0.2) is 108 Å². The monoisotopic (exact) mass is 529 g/mol. The van der Waals surface area contributed by atoms with Gasteiger partial charge in [-0.1, -0.05) is 73.7 Å². The molecule has 4 N–H and O–H groups in total. The second-order valence-electron chi connectivity index (χ2n) is 8.79. The fourth-order valence-electron chi connectivity index (χ4n) is 3.89. The molecule has 0 saturated heterocycles. The van der Waals surface area contributed by atoms with Crippen LogP contribution in [-0.4, -0.2) is 14.3 Å². The summed E-state index contributed by atoms with van der Waals surface area (Å²) in [6.07, 6.45) is 0.791. The van der Waals surface area contributed by atoms with Crippen LogP contribution in [0.4, 0.5) is 5.69 Å². The highest BCUT2D eigenvalue weighted by atomic mass is 32.2. The van der Waals surface area contributed by atoms with E-state index in [0.29, 0.717) is 30.2 Å². The summed E-state index contributed by atoms with van der Waals surface area (Å²) >= 11 is 0. The molecule has 0 heterocycles. The summed E-state index contributed by atoms with van der Waals surface area (Å²) in [5.74, 6) is 0.0799. The number of hydrogen-bond donors (Lipinski definition) is 3. The number of benzene rings is 4. The van der Waals surface area contributed by atoms with Crippen LogP contribution in [0.2, 0.25) is 0 Å². The van der Waals surface area contributed by atoms with E-state index >= 15 is 0 Å². The second kappa shape index (κ2) is 12.5. The molecular weight excluding hydrogens is 498 g/mol. The topological polar surface area (TPSA) is 111 Å². The number of rotatable bonds is 11. The van der Waals surface area contributed by atoms with Crippen LogP contribution in [0.25, 0.3) is 0 Å². The number of ether oxygens (including phenoxy) is 1. The van der Waals surface area contributed by atoms with Crippen LogP contribution in [-0.2, 0) is 34.4 Å². The highest BCUT2D eigenvalue weighted by molar-refractivity contribution is 7.89. The van der Waals surface area contributed by atoms with Gasteiger partial charge in [0.1, 0.15) is 18.4 Å². The first kappa shape index (κ1) is 27.1. The van der Waals surface area contributed by atoms with E-state index in [-0.39, 0.29) is 4.90 Å². The molecule has 0 bridgehead atoms. The molecular formula is C30H31N3O4S. The molecule has 0 spiro atoms. The van der Waals surface area contributed by atoms with Crippen molar-refractivity contribution in [1.82, 2.24) is 4.72 Å². The average molecular weight is 530 g/mol. The minimum atomic E-state index is -4.00. The first-order valence-electron chi connectivity index (χ1n) is 12.4. The van der Waals surface area contributed by atoms with Gasteiger partial charge in [0.05, 0.1) is 4.90 Å². The van der Waals surface area contributed by atoms with E-state index in [1.54, 1.807) is 66.7 Å². The molecule has 0 aromatic heterocycles. The van der Waals surface area contributed by atoms with E-state index in [9.17, 15) is 13.2 Å². The summed E-state index contributed by atoms with van der Waals surface area (Å²) in [6.45, 7) is 2.70. The van der Waals surface area contributed by atoms with Crippen LogP contribution in [0.5, 0.6) is 5.75 Å². The Morgan fingerprint density at radius 2 is 1.53 bits per heavy atom. The molecule has 196 valence electrons. The number of nitrogens with two attached hydrogens (primary N) is 1. The number of nitrogens with one attached hydrogen (secondary N) is 2. The maximum absolute atomic E-state index is 13.4. The first-order chi connectivity index (χ1) is 18.4. The molecule has 4 rings (SSSR count). The number of carbonyl (C=O) groups is 1. The van der Waals surface area contributed by atoms with E-state index in [1.165, 1.54) is 0 Å². The Balaban J connectivity index is 1.58. The van der Waals surface area contributed by atoms with Gasteiger partial charge in [-0.2, -0.15) is 4.72 Å². The van der Waals surface area contributed by atoms with Crippen LogP contribution in [0.3, 0.4) is 0 Å². The van der Waals surface area contributed by atoms with Crippen molar-refractivity contribution in [3.8, 4) is 5.75 Å². The molecule has 1 atom stereocenters. The van der Waals surface area contributed by atoms with E-state index in [2.05, 4.69) is 10.0 Å². The van der Waals surface area contributed by atoms with Gasteiger partial charge in [-0.15, -0.1) is 0 Å². The van der Waals surface area contributed by atoms with Gasteiger partial charge < -0.3 is 15.8 Å². The van der Waals surface area contributed by atoms with E-state index in [4.69, 9.17) is 10.5 Å². The molecule has 0 aliphatic rings. The van der Waals surface area contributed by atoms with Gasteiger partial charge in [-0.05, 0) is 65.1 Å². The molecule has 1 amide bonds. The first-order valence-corrected chi connectivity index (χ1v) is 13.8. The number of aryl methyl sites for hydroxylation is 1. The normalized spacial score (nSPS) is 12.1. The standard InChI is InChI=1S/C30H31N3O4S/c1-2-22-11-17-28(18-12-22)38(35,36)33-29(30(34)32-26-10-6-9-24(19-26)20-31)25-13-15-27(16-14-25)37-21-23-7-4-3-5-8-23/h3-19,29,33H,2,20-21,31H2,1H3,(H,32,34)/t29-/m1/s1. The lowest BCUT2D eigenvalue weighted by Gasteiger charge is -2.20. The Morgan fingerprint density at radius 1 is 0.842 bits per heavy atom. The number of hydrogen-bond acceptors (Lipinski definition) is 5. The van der Waals surface area contributed by atoms with Crippen molar-refractivity contribution in [3.63, 3.8) is 0 Å². The number of sulfonamides is 1. The lowest BCUT2D eigenvalue weighted by molar-refractivity contribution is -0.117. The van der Waals surface area contributed by atoms with Crippen molar-refractivity contribution in [2.45, 2.75) is 37.4 Å². The Kier molecular flexibility index (Phi) is 8.91. The van der Waals surface area contributed by atoms with Crippen molar-refractivity contribution >= 4 is 21.6 Å². The number of amides is 1. The molecule has 4 aromatic carbocycles. The molecule has 0 radical (unpaired) electrons. The van der Waals surface area contributed by atoms with Crippen molar-refractivity contribution in [1.29, 1.82) is 0 Å². The maximum atomic E-state index is 13.4. The van der Waals surface area contributed by atoms with Gasteiger partial charge in [0.25, 0.3) is 0 Å². The van der Waals surface area contributed by atoms with Crippen molar-refractivity contribution < 1.29 is 17.9 Å². The van der Waals surface area contributed by atoms with E-state index in [1.807, 2.05) is 43.3 Å². The zero-order chi connectivity index (χ0) is 27.0. The fraction of sp³-hybridized carbons (Fsp3) is 0.167. The maximum Gasteiger partial charge on any atom is 0.247 e. The highest BCUT2D eigenvalue weighted by Gasteiger charge is 2.27. The molecule has 0 aliphatic carbocycles. The summed E-state index contributed by atoms with van der Waals surface area (Å²) in [4.78, 5) is 13.5. The predicted molar refractivity (Wildman–Crippen MR) is 149 cm³/mol. The van der Waals surface area contributed by atoms with Gasteiger partial charge in [0, 0.05) is 12.2 Å². The Labute approximate surface area is 223 Å². The van der Waals surface area contributed by atoms with Crippen LogP contribution in [0, 0.1) is 0 Å². The van der Waals surface area contributed by atoms with Crippen molar-refractivity contribution in [2.75, 3.05) is 5.32 Å². The SMILES string of the molecule is CCc1ccc(S(=O)(=O)N[C@@H](C(=O)Nc2cccc(CN)c2)c2ccc(OCc3ccccc3)cc2)cc1. The highest BCUT2D eigenvalue weighted by Crippen LogP contribution is 2.23. The van der Waals surface area contributed by atoms with Gasteiger partial charge >= 0.3 is 0 Å². The van der Waals surface area contributed by atoms with Gasteiger partial charge in [-0.3, -0.25) is 4.79 Å². The molecule has 8 heteroatoms. The minimum absolute atomic E-state index is 0.0837. The largest absolute Gasteiger partial charge is 0.489 e. The summed E-state index contributed by atoms with van der Waals surface area (Å²) in [6, 6.07) is 29.1. The molecule has 0 fully saturated rings. The van der Waals surface area contributed by atoms with Crippen molar-refractivity contribution in [3.05, 3.63) is 125 Å². The Bertz CT molecular complexity index is 1460. The Hall–Kier alpha value is -3.98. The molecule has 0 unspecified atom stereocenters. The van der Waals surface area contributed by atoms with Gasteiger partial charge in [-0.25, -0.2) is 8.42 Å². The minimum Gasteiger partial charge on any atom is -0.489 e. The number of carbonyl (C=O) groups excluding carboxylic acids is 1. The van der Waals surface area contributed by atoms with Crippen LogP contribution < -0.4 is 20.5 Å².